The number of fused-ring (bicyclic) bond motifs is 1. The number of hydrogen-bond acceptors (Lipinski definition) is 17. The first-order valence-corrected chi connectivity index (χ1v) is 15.9. The average molecular weight is 840 g/mol. The van der Waals surface area contributed by atoms with Crippen molar-refractivity contribution in [1.29, 1.82) is 0 Å². The summed E-state index contributed by atoms with van der Waals surface area (Å²) in [6.45, 7) is 13.2. The lowest BCUT2D eigenvalue weighted by molar-refractivity contribution is 0.907. The molecule has 7 aromatic heterocycles. The highest BCUT2D eigenvalue weighted by Gasteiger charge is 1.92. The topological polar surface area (TPSA) is 219 Å². The van der Waals surface area contributed by atoms with E-state index in [0.717, 1.165) is 45.2 Å². The van der Waals surface area contributed by atoms with Gasteiger partial charge in [-0.2, -0.15) is 25.5 Å². The average Bonchev–Trinajstić information content (AvgIpc) is 3.18. The van der Waals surface area contributed by atoms with E-state index in [2.05, 4.69) is 85.6 Å². The maximum Gasteiger partial charge on any atom is 0.147 e. The van der Waals surface area contributed by atoms with E-state index in [9.17, 15) is 0 Å². The molecule has 17 nitrogen and oxygen atoms in total. The third kappa shape index (κ3) is 36.9. The molecular formula is C44H73N17. The van der Waals surface area contributed by atoms with Crippen LogP contribution in [-0.2, 0) is 0 Å². The summed E-state index contributed by atoms with van der Waals surface area (Å²) >= 11 is 0. The van der Waals surface area contributed by atoms with Crippen LogP contribution in [0.1, 0.15) is 99.4 Å². The summed E-state index contributed by atoms with van der Waals surface area (Å²) in [4.78, 5) is 35.2. The van der Waals surface area contributed by atoms with Crippen molar-refractivity contribution in [2.45, 2.75) is 108 Å². The molecule has 17 heteroatoms. The minimum absolute atomic E-state index is 0. The molecule has 0 atom stereocenters. The van der Waals surface area contributed by atoms with Crippen LogP contribution in [0.5, 0.6) is 0 Å². The van der Waals surface area contributed by atoms with Crippen LogP contribution in [0.4, 0.5) is 0 Å². The highest BCUT2D eigenvalue weighted by molar-refractivity contribution is 5.73. The monoisotopic (exact) mass is 840 g/mol. The fraction of sp³-hybridized carbons (Fsp3) is 0.341. The summed E-state index contributed by atoms with van der Waals surface area (Å²) in [5, 5.41) is 28.8. The molecule has 0 saturated carbocycles. The Labute approximate surface area is 367 Å². The second kappa shape index (κ2) is 43.9. The summed E-state index contributed by atoms with van der Waals surface area (Å²) in [6, 6.07) is 13.5. The largest absolute Gasteiger partial charge is 0.261 e. The van der Waals surface area contributed by atoms with Crippen LogP contribution in [-0.4, -0.2) is 85.6 Å². The van der Waals surface area contributed by atoms with Gasteiger partial charge in [0, 0.05) is 49.1 Å². The Kier molecular flexibility index (Phi) is 49.4. The van der Waals surface area contributed by atoms with E-state index in [4.69, 9.17) is 0 Å². The molecule has 8 aromatic rings. The van der Waals surface area contributed by atoms with Crippen molar-refractivity contribution >= 4 is 11.0 Å². The quantitative estimate of drug-likeness (QED) is 0.139. The third-order valence-corrected chi connectivity index (χ3v) is 5.51. The van der Waals surface area contributed by atoms with Gasteiger partial charge in [0.25, 0.3) is 0 Å². The number of rotatable bonds is 0. The molecule has 0 N–H and O–H groups in total. The van der Waals surface area contributed by atoms with Gasteiger partial charge in [0.2, 0.25) is 0 Å². The number of nitrogens with zero attached hydrogens (tertiary/aromatic N) is 17. The summed E-state index contributed by atoms with van der Waals surface area (Å²) in [7, 11) is 0. The Morgan fingerprint density at radius 2 is 0.934 bits per heavy atom. The Bertz CT molecular complexity index is 1740. The van der Waals surface area contributed by atoms with Gasteiger partial charge >= 0.3 is 0 Å². The Morgan fingerprint density at radius 1 is 0.311 bits per heavy atom. The van der Waals surface area contributed by atoms with Crippen molar-refractivity contribution in [1.82, 2.24) is 85.6 Å². The molecule has 0 amide bonds. The molecule has 0 saturated heterocycles. The minimum Gasteiger partial charge on any atom is -0.261 e. The van der Waals surface area contributed by atoms with Gasteiger partial charge in [-0.05, 0) is 78.8 Å². The second-order valence-electron chi connectivity index (χ2n) is 10.2. The number of benzene rings is 1. The second-order valence-corrected chi connectivity index (χ2v) is 10.2. The molecule has 0 radical (unpaired) electrons. The summed E-state index contributed by atoms with van der Waals surface area (Å²) in [5.74, 6) is 0.711. The summed E-state index contributed by atoms with van der Waals surface area (Å²) in [5.41, 5.74) is 7.56. The SMILES string of the molecule is C.C.C.C.C.C.C.C.Cc1cccnn1.Cc1ccncn1.Cc1cnc2ccccc2n1.Cc1cnccn1.Cc1cncnn1.Cc1cnncn1.Cc1nccnn1. The number of aryl methyl sites for hydroxylation is 7. The molecule has 0 aliphatic carbocycles. The molecule has 0 unspecified atom stereocenters. The Morgan fingerprint density at radius 3 is 1.28 bits per heavy atom. The molecule has 8 rings (SSSR count). The van der Waals surface area contributed by atoms with Gasteiger partial charge in [0.15, 0.2) is 0 Å². The molecule has 61 heavy (non-hydrogen) atoms. The molecule has 0 spiro atoms. The van der Waals surface area contributed by atoms with Crippen molar-refractivity contribution in [3.8, 4) is 0 Å². The lowest BCUT2D eigenvalue weighted by Gasteiger charge is -1.95. The molecule has 0 aliphatic heterocycles. The van der Waals surface area contributed by atoms with Gasteiger partial charge in [0.1, 0.15) is 24.8 Å². The van der Waals surface area contributed by atoms with Crippen LogP contribution in [0, 0.1) is 48.5 Å². The van der Waals surface area contributed by atoms with Crippen LogP contribution < -0.4 is 0 Å². The fourth-order valence-electron chi connectivity index (χ4n) is 3.08. The highest BCUT2D eigenvalue weighted by atomic mass is 15.1. The van der Waals surface area contributed by atoms with Crippen molar-refractivity contribution in [3.05, 3.63) is 163 Å². The first-order valence-electron chi connectivity index (χ1n) is 15.9. The lowest BCUT2D eigenvalue weighted by Crippen LogP contribution is -1.85. The van der Waals surface area contributed by atoms with Gasteiger partial charge in [0.05, 0.1) is 58.1 Å². The van der Waals surface area contributed by atoms with Crippen LogP contribution in [0.3, 0.4) is 0 Å². The molecule has 334 valence electrons. The smallest absolute Gasteiger partial charge is 0.147 e. The standard InChI is InChI=1S/C9H8N2.3C5H6N2.3C4H5N3.8CH4/c1-7-6-10-8-4-2-3-5-9(8)11-7;1-5-4-6-2-3-7-5;1-5-2-3-6-4-7-5;1-5-3-2-4-6-7-5;1-4-2-6-7-3-5-4;1-4-2-5-3-6-7-4;1-4-5-2-3-6-7-4;;;;;;;;/h2-6H,1H3;3*2-4H,1H3;3*2-3H,1H3;8*1H4. The van der Waals surface area contributed by atoms with E-state index in [1.165, 1.54) is 19.0 Å². The third-order valence-electron chi connectivity index (χ3n) is 5.51. The number of para-hydroxylation sites is 2. The van der Waals surface area contributed by atoms with E-state index in [1.54, 1.807) is 68.9 Å². The van der Waals surface area contributed by atoms with E-state index in [1.807, 2.05) is 84.0 Å². The summed E-state index contributed by atoms with van der Waals surface area (Å²) < 4.78 is 0. The van der Waals surface area contributed by atoms with Crippen molar-refractivity contribution in [2.24, 2.45) is 0 Å². The molecule has 7 heterocycles. The zero-order valence-electron chi connectivity index (χ0n) is 30.6. The van der Waals surface area contributed by atoms with Crippen molar-refractivity contribution < 1.29 is 0 Å². The molecule has 1 aromatic carbocycles. The van der Waals surface area contributed by atoms with Crippen molar-refractivity contribution in [3.63, 3.8) is 0 Å². The van der Waals surface area contributed by atoms with E-state index < -0.39 is 0 Å². The number of aromatic nitrogens is 17. The first kappa shape index (κ1) is 68.5. The lowest BCUT2D eigenvalue weighted by atomic mass is 10.3. The van der Waals surface area contributed by atoms with Gasteiger partial charge in [-0.25, -0.2) is 29.9 Å². The van der Waals surface area contributed by atoms with Gasteiger partial charge in [-0.15, -0.1) is 15.3 Å². The van der Waals surface area contributed by atoms with Crippen LogP contribution in [0.25, 0.3) is 11.0 Å². The Hall–Kier alpha value is -7.17. The van der Waals surface area contributed by atoms with Crippen molar-refractivity contribution in [2.75, 3.05) is 0 Å². The maximum absolute atomic E-state index is 4.31. The molecular weight excluding hydrogens is 767 g/mol. The van der Waals surface area contributed by atoms with E-state index >= 15 is 0 Å². The van der Waals surface area contributed by atoms with E-state index in [-0.39, 0.29) is 59.4 Å². The van der Waals surface area contributed by atoms with Gasteiger partial charge in [-0.1, -0.05) is 71.5 Å². The molecule has 0 aliphatic rings. The zero-order chi connectivity index (χ0) is 38.4. The van der Waals surface area contributed by atoms with Crippen LogP contribution in [0.2, 0.25) is 0 Å². The zero-order valence-corrected chi connectivity index (χ0v) is 30.6. The fourth-order valence-corrected chi connectivity index (χ4v) is 3.08. The number of hydrogen-bond donors (Lipinski definition) is 0. The first-order chi connectivity index (χ1) is 25.7. The predicted octanol–water partition coefficient (Wildman–Crippen LogP) is 9.92. The predicted molar refractivity (Wildman–Crippen MR) is 252 cm³/mol. The Balaban J connectivity index is -0.000000110. The van der Waals surface area contributed by atoms with Gasteiger partial charge < -0.3 is 0 Å². The van der Waals surface area contributed by atoms with Crippen LogP contribution >= 0.6 is 0 Å². The normalized spacial score (nSPS) is 7.85. The molecule has 0 bridgehead atoms. The van der Waals surface area contributed by atoms with E-state index in [0.29, 0.717) is 5.82 Å². The minimum atomic E-state index is 0. The van der Waals surface area contributed by atoms with Crippen LogP contribution in [0.15, 0.2) is 123 Å². The van der Waals surface area contributed by atoms with Gasteiger partial charge in [-0.3, -0.25) is 15.0 Å². The summed E-state index contributed by atoms with van der Waals surface area (Å²) in [6.07, 6.45) is 21.0. The highest BCUT2D eigenvalue weighted by Crippen LogP contribution is 2.07. The molecule has 0 fully saturated rings. The maximum atomic E-state index is 4.31.